The monoisotopic (exact) mass is 325 g/mol. The van der Waals surface area contributed by atoms with Crippen molar-refractivity contribution in [1.82, 2.24) is 0 Å². The molecule has 0 aliphatic heterocycles. The molecule has 6 nitrogen and oxygen atoms in total. The Labute approximate surface area is 129 Å². The summed E-state index contributed by atoms with van der Waals surface area (Å²) in [7, 11) is 0. The lowest BCUT2D eigenvalue weighted by Gasteiger charge is -2.09. The normalized spacial score (nSPS) is 10.2. The Morgan fingerprint density at radius 1 is 1.19 bits per heavy atom. The van der Waals surface area contributed by atoms with Gasteiger partial charge in [0.25, 0.3) is 11.6 Å². The van der Waals surface area contributed by atoms with Crippen LogP contribution in [0.5, 0.6) is 0 Å². The lowest BCUT2D eigenvalue weighted by Crippen LogP contribution is -2.14. The Hall–Kier alpha value is -2.31. The number of rotatable bonds is 3. The van der Waals surface area contributed by atoms with E-state index in [4.69, 9.17) is 28.9 Å². The molecule has 0 saturated carbocycles. The lowest BCUT2D eigenvalue weighted by atomic mass is 10.1. The molecule has 108 valence electrons. The number of nitrogen functional groups attached to an aromatic ring is 1. The highest BCUT2D eigenvalue weighted by Crippen LogP contribution is 2.28. The third-order valence-electron chi connectivity index (χ3n) is 2.67. The number of benzene rings is 2. The number of carbonyl (C=O) groups is 1. The van der Waals surface area contributed by atoms with Crippen LogP contribution in [0.3, 0.4) is 0 Å². The number of non-ortho nitro benzene ring substituents is 1. The third-order valence-corrected chi connectivity index (χ3v) is 3.23. The van der Waals surface area contributed by atoms with Gasteiger partial charge in [-0.3, -0.25) is 14.9 Å². The molecule has 0 aliphatic carbocycles. The second kappa shape index (κ2) is 5.99. The number of anilines is 2. The lowest BCUT2D eigenvalue weighted by molar-refractivity contribution is -0.384. The van der Waals surface area contributed by atoms with Crippen molar-refractivity contribution in [3.63, 3.8) is 0 Å². The summed E-state index contributed by atoms with van der Waals surface area (Å²) < 4.78 is 0. The van der Waals surface area contributed by atoms with Gasteiger partial charge in [0.2, 0.25) is 0 Å². The fraction of sp³-hybridized carbons (Fsp3) is 0. The second-order valence-corrected chi connectivity index (χ2v) is 4.95. The van der Waals surface area contributed by atoms with Crippen LogP contribution in [0, 0.1) is 10.1 Å². The van der Waals surface area contributed by atoms with Crippen molar-refractivity contribution in [1.29, 1.82) is 0 Å². The quantitative estimate of drug-likeness (QED) is 0.510. The van der Waals surface area contributed by atoms with Gasteiger partial charge >= 0.3 is 0 Å². The number of hydrogen-bond donors (Lipinski definition) is 2. The summed E-state index contributed by atoms with van der Waals surface area (Å²) in [5, 5.41) is 13.7. The molecule has 0 atom stereocenters. The topological polar surface area (TPSA) is 98.3 Å². The van der Waals surface area contributed by atoms with E-state index in [0.717, 1.165) is 0 Å². The minimum Gasteiger partial charge on any atom is -0.398 e. The van der Waals surface area contributed by atoms with E-state index in [1.54, 1.807) is 6.07 Å². The van der Waals surface area contributed by atoms with Gasteiger partial charge in [-0.25, -0.2) is 0 Å². The van der Waals surface area contributed by atoms with Crippen LogP contribution in [0.25, 0.3) is 0 Å². The average Bonchev–Trinajstić information content (AvgIpc) is 2.43. The first-order valence-corrected chi connectivity index (χ1v) is 6.44. The number of carbonyl (C=O) groups excluding carboxylic acids is 1. The summed E-state index contributed by atoms with van der Waals surface area (Å²) in [6.07, 6.45) is 0. The molecule has 0 heterocycles. The van der Waals surface area contributed by atoms with Crippen molar-refractivity contribution >= 4 is 46.2 Å². The zero-order valence-electron chi connectivity index (χ0n) is 10.5. The molecule has 0 aromatic heterocycles. The van der Waals surface area contributed by atoms with Gasteiger partial charge in [-0.15, -0.1) is 0 Å². The van der Waals surface area contributed by atoms with Crippen LogP contribution in [0.15, 0.2) is 36.4 Å². The van der Waals surface area contributed by atoms with Crippen LogP contribution in [0.2, 0.25) is 10.0 Å². The van der Waals surface area contributed by atoms with Gasteiger partial charge < -0.3 is 11.1 Å². The number of nitrogens with two attached hydrogens (primary N) is 1. The fourth-order valence-corrected chi connectivity index (χ4v) is 1.97. The molecule has 2 rings (SSSR count). The highest BCUT2D eigenvalue weighted by molar-refractivity contribution is 6.34. The highest BCUT2D eigenvalue weighted by atomic mass is 35.5. The molecule has 0 fully saturated rings. The number of nitrogens with zero attached hydrogens (tertiary/aromatic N) is 1. The molecule has 3 N–H and O–H groups in total. The Morgan fingerprint density at radius 2 is 1.90 bits per heavy atom. The summed E-state index contributed by atoms with van der Waals surface area (Å²) in [5.74, 6) is -0.558. The van der Waals surface area contributed by atoms with Crippen LogP contribution >= 0.6 is 23.2 Å². The number of hydrogen-bond acceptors (Lipinski definition) is 4. The van der Waals surface area contributed by atoms with Gasteiger partial charge in [0, 0.05) is 22.8 Å². The van der Waals surface area contributed by atoms with Crippen molar-refractivity contribution < 1.29 is 9.72 Å². The zero-order chi connectivity index (χ0) is 15.6. The number of nitro benzene ring substituents is 1. The SMILES string of the molecule is Nc1ccc(Cl)cc1C(=O)Nc1cc([N+](=O)[O-])ccc1Cl. The van der Waals surface area contributed by atoms with Gasteiger partial charge in [-0.1, -0.05) is 23.2 Å². The van der Waals surface area contributed by atoms with Gasteiger partial charge in [-0.2, -0.15) is 0 Å². The van der Waals surface area contributed by atoms with Crippen LogP contribution in [-0.4, -0.2) is 10.8 Å². The van der Waals surface area contributed by atoms with E-state index in [2.05, 4.69) is 5.32 Å². The maximum absolute atomic E-state index is 12.1. The van der Waals surface area contributed by atoms with Gasteiger partial charge in [0.1, 0.15) is 0 Å². The Balaban J connectivity index is 2.33. The standard InChI is InChI=1S/C13H9Cl2N3O3/c14-7-1-4-11(16)9(5-7)13(19)17-12-6-8(18(20)21)2-3-10(12)15/h1-6H,16H2,(H,17,19). The molecular formula is C13H9Cl2N3O3. The summed E-state index contributed by atoms with van der Waals surface area (Å²) in [5.41, 5.74) is 6.03. The molecule has 0 saturated heterocycles. The van der Waals surface area contributed by atoms with Crippen molar-refractivity contribution in [3.8, 4) is 0 Å². The first kappa shape index (κ1) is 15.1. The minimum atomic E-state index is -0.584. The second-order valence-electron chi connectivity index (χ2n) is 4.11. The van der Waals surface area contributed by atoms with Crippen molar-refractivity contribution in [2.75, 3.05) is 11.1 Å². The molecule has 2 aromatic rings. The Bertz CT molecular complexity index is 735. The summed E-state index contributed by atoms with van der Waals surface area (Å²) in [4.78, 5) is 22.3. The number of halogens is 2. The van der Waals surface area contributed by atoms with Crippen LogP contribution < -0.4 is 11.1 Å². The number of amides is 1. The van der Waals surface area contributed by atoms with E-state index in [-0.39, 0.29) is 27.6 Å². The molecule has 21 heavy (non-hydrogen) atoms. The molecule has 0 aliphatic rings. The van der Waals surface area contributed by atoms with Gasteiger partial charge in [-0.05, 0) is 24.3 Å². The smallest absolute Gasteiger partial charge is 0.271 e. The Morgan fingerprint density at radius 3 is 2.57 bits per heavy atom. The molecule has 0 radical (unpaired) electrons. The van der Waals surface area contributed by atoms with E-state index >= 15 is 0 Å². The average molecular weight is 326 g/mol. The minimum absolute atomic E-state index is 0.121. The van der Waals surface area contributed by atoms with Crippen molar-refractivity contribution in [2.24, 2.45) is 0 Å². The van der Waals surface area contributed by atoms with E-state index < -0.39 is 10.8 Å². The molecule has 8 heteroatoms. The number of nitro groups is 1. The number of nitrogens with one attached hydrogen (secondary N) is 1. The molecule has 0 unspecified atom stereocenters. The maximum Gasteiger partial charge on any atom is 0.271 e. The molecule has 0 bridgehead atoms. The zero-order valence-corrected chi connectivity index (χ0v) is 12.0. The predicted octanol–water partition coefficient (Wildman–Crippen LogP) is 3.74. The molecule has 1 amide bonds. The van der Waals surface area contributed by atoms with Crippen molar-refractivity contribution in [3.05, 3.63) is 62.1 Å². The van der Waals surface area contributed by atoms with Gasteiger partial charge in [0.15, 0.2) is 0 Å². The summed E-state index contributed by atoms with van der Waals surface area (Å²) >= 11 is 11.7. The maximum atomic E-state index is 12.1. The highest BCUT2D eigenvalue weighted by Gasteiger charge is 2.15. The van der Waals surface area contributed by atoms with Gasteiger partial charge in [0.05, 0.1) is 21.2 Å². The Kier molecular flexibility index (Phi) is 4.30. The first-order chi connectivity index (χ1) is 9.88. The van der Waals surface area contributed by atoms with E-state index in [1.165, 1.54) is 30.3 Å². The third kappa shape index (κ3) is 3.42. The van der Waals surface area contributed by atoms with Crippen LogP contribution in [-0.2, 0) is 0 Å². The van der Waals surface area contributed by atoms with Crippen LogP contribution in [0.4, 0.5) is 17.1 Å². The first-order valence-electron chi connectivity index (χ1n) is 5.69. The molecule has 0 spiro atoms. The van der Waals surface area contributed by atoms with Crippen molar-refractivity contribution in [2.45, 2.75) is 0 Å². The summed E-state index contributed by atoms with van der Waals surface area (Å²) in [6, 6.07) is 8.18. The fourth-order valence-electron chi connectivity index (χ4n) is 1.64. The van der Waals surface area contributed by atoms with E-state index in [1.807, 2.05) is 0 Å². The van der Waals surface area contributed by atoms with E-state index in [9.17, 15) is 14.9 Å². The molecular weight excluding hydrogens is 317 g/mol. The predicted molar refractivity (Wildman–Crippen MR) is 81.9 cm³/mol. The summed E-state index contributed by atoms with van der Waals surface area (Å²) in [6.45, 7) is 0. The van der Waals surface area contributed by atoms with E-state index in [0.29, 0.717) is 5.02 Å². The van der Waals surface area contributed by atoms with Crippen LogP contribution in [0.1, 0.15) is 10.4 Å². The molecule has 2 aromatic carbocycles. The largest absolute Gasteiger partial charge is 0.398 e.